The van der Waals surface area contributed by atoms with Crippen LogP contribution in [0.25, 0.3) is 0 Å². The molecular weight excluding hydrogens is 283 g/mol. The highest BCUT2D eigenvalue weighted by Crippen LogP contribution is 2.23. The first-order valence-electron chi connectivity index (χ1n) is 5.42. The number of hydrogen-bond acceptors (Lipinski definition) is 3. The van der Waals surface area contributed by atoms with Gasteiger partial charge in [0.1, 0.15) is 5.75 Å². The summed E-state index contributed by atoms with van der Waals surface area (Å²) in [6, 6.07) is 4.05. The van der Waals surface area contributed by atoms with E-state index in [1.807, 2.05) is 0 Å². The summed E-state index contributed by atoms with van der Waals surface area (Å²) in [7, 11) is -3.80. The third kappa shape index (κ3) is 5.48. The van der Waals surface area contributed by atoms with Crippen LogP contribution in [0.4, 0.5) is 13.2 Å². The minimum absolute atomic E-state index is 0.0323. The Bertz CT molecular complexity index is 541. The first-order chi connectivity index (χ1) is 8.59. The maximum Gasteiger partial charge on any atom is 0.389 e. The van der Waals surface area contributed by atoms with Crippen molar-refractivity contribution in [2.75, 3.05) is 6.61 Å². The maximum atomic E-state index is 11.9. The van der Waals surface area contributed by atoms with Crippen molar-refractivity contribution in [2.24, 2.45) is 5.14 Å². The minimum atomic E-state index is -4.20. The van der Waals surface area contributed by atoms with Crippen LogP contribution in [0.3, 0.4) is 0 Å². The monoisotopic (exact) mass is 297 g/mol. The van der Waals surface area contributed by atoms with E-state index >= 15 is 0 Å². The molecule has 0 aromatic heterocycles. The van der Waals surface area contributed by atoms with Crippen molar-refractivity contribution in [3.63, 3.8) is 0 Å². The highest BCUT2D eigenvalue weighted by molar-refractivity contribution is 7.89. The Kier molecular flexibility index (Phi) is 4.81. The Morgan fingerprint density at radius 1 is 1.32 bits per heavy atom. The SMILES string of the molecule is Cc1cc(OCCCC(F)(F)F)ccc1S(N)(=O)=O. The number of aryl methyl sites for hydroxylation is 1. The van der Waals surface area contributed by atoms with Crippen LogP contribution < -0.4 is 9.88 Å². The quantitative estimate of drug-likeness (QED) is 0.848. The van der Waals surface area contributed by atoms with Gasteiger partial charge in [-0.15, -0.1) is 0 Å². The highest BCUT2D eigenvalue weighted by atomic mass is 32.2. The van der Waals surface area contributed by atoms with E-state index in [0.717, 1.165) is 0 Å². The number of rotatable bonds is 5. The number of benzene rings is 1. The van der Waals surface area contributed by atoms with Crippen LogP contribution >= 0.6 is 0 Å². The predicted molar refractivity (Wildman–Crippen MR) is 63.3 cm³/mol. The fourth-order valence-electron chi connectivity index (χ4n) is 1.49. The summed E-state index contributed by atoms with van der Waals surface area (Å²) in [6.45, 7) is 1.44. The third-order valence-corrected chi connectivity index (χ3v) is 3.40. The van der Waals surface area contributed by atoms with Gasteiger partial charge < -0.3 is 4.74 Å². The number of halogens is 3. The van der Waals surface area contributed by atoms with Crippen LogP contribution in [-0.4, -0.2) is 21.2 Å². The van der Waals surface area contributed by atoms with E-state index in [0.29, 0.717) is 11.3 Å². The van der Waals surface area contributed by atoms with Crippen molar-refractivity contribution >= 4 is 10.0 Å². The molecule has 0 aliphatic rings. The van der Waals surface area contributed by atoms with E-state index < -0.39 is 22.6 Å². The Morgan fingerprint density at radius 3 is 2.42 bits per heavy atom. The van der Waals surface area contributed by atoms with E-state index in [1.54, 1.807) is 0 Å². The van der Waals surface area contributed by atoms with Gasteiger partial charge in [0.25, 0.3) is 0 Å². The molecule has 0 heterocycles. The number of hydrogen-bond donors (Lipinski definition) is 1. The third-order valence-electron chi connectivity index (χ3n) is 2.33. The van der Waals surface area contributed by atoms with Gasteiger partial charge in [-0.25, -0.2) is 13.6 Å². The summed E-state index contributed by atoms with van der Waals surface area (Å²) in [4.78, 5) is -0.0323. The van der Waals surface area contributed by atoms with Crippen molar-refractivity contribution in [2.45, 2.75) is 30.8 Å². The molecule has 108 valence electrons. The molecule has 1 aromatic rings. The topological polar surface area (TPSA) is 69.4 Å². The average molecular weight is 297 g/mol. The average Bonchev–Trinajstić information content (AvgIpc) is 2.21. The van der Waals surface area contributed by atoms with Crippen LogP contribution in [0, 0.1) is 6.92 Å². The second kappa shape index (κ2) is 5.79. The van der Waals surface area contributed by atoms with Crippen molar-refractivity contribution in [1.29, 1.82) is 0 Å². The molecule has 0 unspecified atom stereocenters. The number of primary sulfonamides is 1. The van der Waals surface area contributed by atoms with Crippen LogP contribution in [0.2, 0.25) is 0 Å². The summed E-state index contributed by atoms with van der Waals surface area (Å²) >= 11 is 0. The van der Waals surface area contributed by atoms with E-state index in [1.165, 1.54) is 25.1 Å². The Hall–Kier alpha value is -1.28. The van der Waals surface area contributed by atoms with Crippen molar-refractivity contribution in [3.8, 4) is 5.75 Å². The number of sulfonamides is 1. The zero-order valence-corrected chi connectivity index (χ0v) is 11.0. The second-order valence-electron chi connectivity index (χ2n) is 4.04. The number of nitrogens with two attached hydrogens (primary N) is 1. The first kappa shape index (κ1) is 15.8. The molecule has 1 aromatic carbocycles. The lowest BCUT2D eigenvalue weighted by molar-refractivity contribution is -0.136. The molecule has 0 saturated carbocycles. The summed E-state index contributed by atoms with van der Waals surface area (Å²) in [5.74, 6) is 0.312. The molecule has 0 saturated heterocycles. The minimum Gasteiger partial charge on any atom is -0.494 e. The molecule has 0 aliphatic carbocycles. The maximum absolute atomic E-state index is 11.9. The van der Waals surface area contributed by atoms with Gasteiger partial charge in [-0.05, 0) is 37.1 Å². The van der Waals surface area contributed by atoms with Crippen LogP contribution in [0.5, 0.6) is 5.75 Å². The zero-order chi connectivity index (χ0) is 14.7. The van der Waals surface area contributed by atoms with Gasteiger partial charge in [-0.1, -0.05) is 0 Å². The van der Waals surface area contributed by atoms with Crippen LogP contribution in [0.15, 0.2) is 23.1 Å². The summed E-state index contributed by atoms with van der Waals surface area (Å²) in [5.41, 5.74) is 0.385. The smallest absolute Gasteiger partial charge is 0.389 e. The van der Waals surface area contributed by atoms with Gasteiger partial charge in [-0.3, -0.25) is 0 Å². The Balaban J connectivity index is 2.60. The van der Waals surface area contributed by atoms with Gasteiger partial charge >= 0.3 is 6.18 Å². The molecule has 1 rings (SSSR count). The summed E-state index contributed by atoms with van der Waals surface area (Å²) < 4.78 is 63.1. The van der Waals surface area contributed by atoms with Gasteiger partial charge in [-0.2, -0.15) is 13.2 Å². The molecule has 0 aliphatic heterocycles. The molecule has 4 nitrogen and oxygen atoms in total. The van der Waals surface area contributed by atoms with E-state index in [-0.39, 0.29) is 17.9 Å². The largest absolute Gasteiger partial charge is 0.494 e. The van der Waals surface area contributed by atoms with Gasteiger partial charge in [0.2, 0.25) is 10.0 Å². The molecule has 0 radical (unpaired) electrons. The Labute approximate surface area is 109 Å². The molecule has 8 heteroatoms. The van der Waals surface area contributed by atoms with Crippen molar-refractivity contribution < 1.29 is 26.3 Å². The lowest BCUT2D eigenvalue weighted by atomic mass is 10.2. The summed E-state index contributed by atoms with van der Waals surface area (Å²) in [6.07, 6.45) is -5.27. The molecular formula is C11H14F3NO3S. The number of ether oxygens (including phenoxy) is 1. The Morgan fingerprint density at radius 2 is 1.95 bits per heavy atom. The van der Waals surface area contributed by atoms with Gasteiger partial charge in [0, 0.05) is 6.42 Å². The predicted octanol–water partition coefficient (Wildman–Crippen LogP) is 2.36. The van der Waals surface area contributed by atoms with E-state index in [4.69, 9.17) is 9.88 Å². The lowest BCUT2D eigenvalue weighted by Crippen LogP contribution is -2.13. The molecule has 0 spiro atoms. The first-order valence-corrected chi connectivity index (χ1v) is 6.97. The molecule has 19 heavy (non-hydrogen) atoms. The zero-order valence-electron chi connectivity index (χ0n) is 10.2. The van der Waals surface area contributed by atoms with Gasteiger partial charge in [0.05, 0.1) is 11.5 Å². The lowest BCUT2D eigenvalue weighted by Gasteiger charge is -2.10. The molecule has 0 atom stereocenters. The molecule has 0 amide bonds. The van der Waals surface area contributed by atoms with E-state index in [2.05, 4.69) is 0 Å². The van der Waals surface area contributed by atoms with Crippen molar-refractivity contribution in [1.82, 2.24) is 0 Å². The normalized spacial score (nSPS) is 12.5. The van der Waals surface area contributed by atoms with Crippen LogP contribution in [-0.2, 0) is 10.0 Å². The van der Waals surface area contributed by atoms with Gasteiger partial charge in [0.15, 0.2) is 0 Å². The second-order valence-corrected chi connectivity index (χ2v) is 5.57. The number of alkyl halides is 3. The highest BCUT2D eigenvalue weighted by Gasteiger charge is 2.26. The molecule has 2 N–H and O–H groups in total. The fourth-order valence-corrected chi connectivity index (χ4v) is 2.26. The molecule has 0 bridgehead atoms. The standard InChI is InChI=1S/C11H14F3NO3S/c1-8-7-9(3-4-10(8)19(15,16)17)18-6-2-5-11(12,13)14/h3-4,7H,2,5-6H2,1H3,(H2,15,16,17). The summed E-state index contributed by atoms with van der Waals surface area (Å²) in [5, 5.41) is 4.98. The fraction of sp³-hybridized carbons (Fsp3) is 0.455. The van der Waals surface area contributed by atoms with Crippen LogP contribution in [0.1, 0.15) is 18.4 Å². The molecule has 0 fully saturated rings. The van der Waals surface area contributed by atoms with E-state index in [9.17, 15) is 21.6 Å². The van der Waals surface area contributed by atoms with Crippen molar-refractivity contribution in [3.05, 3.63) is 23.8 Å².